The molecule has 0 saturated heterocycles. The van der Waals surface area contributed by atoms with Crippen molar-refractivity contribution in [2.24, 2.45) is 5.10 Å². The molecule has 0 bridgehead atoms. The molecule has 2 amide bonds. The number of pyridine rings is 1. The number of anilines is 1. The second kappa shape index (κ2) is 8.79. The first-order valence-corrected chi connectivity index (χ1v) is 7.70. The molecule has 0 aliphatic carbocycles. The molecule has 0 aliphatic heterocycles. The molecule has 1 aromatic carbocycles. The maximum absolute atomic E-state index is 11.9. The number of amides is 2. The molecule has 0 saturated carbocycles. The van der Waals surface area contributed by atoms with Crippen molar-refractivity contribution >= 4 is 35.3 Å². The molecule has 2 rings (SSSR count). The lowest BCUT2D eigenvalue weighted by Gasteiger charge is -2.08. The van der Waals surface area contributed by atoms with Crippen LogP contribution in [0.3, 0.4) is 0 Å². The minimum absolute atomic E-state index is 0.0478. The summed E-state index contributed by atoms with van der Waals surface area (Å²) in [5.41, 5.74) is 4.75. The molecule has 1 aromatic heterocycles. The topological polar surface area (TPSA) is 83.5 Å². The van der Waals surface area contributed by atoms with Crippen LogP contribution in [-0.4, -0.2) is 23.0 Å². The van der Waals surface area contributed by atoms with Gasteiger partial charge in [0.05, 0.1) is 6.21 Å². The van der Waals surface area contributed by atoms with Gasteiger partial charge in [-0.3, -0.25) is 14.6 Å². The van der Waals surface area contributed by atoms with Gasteiger partial charge in [0.15, 0.2) is 0 Å². The van der Waals surface area contributed by atoms with E-state index >= 15 is 0 Å². The summed E-state index contributed by atoms with van der Waals surface area (Å²) in [4.78, 5) is 27.4. The van der Waals surface area contributed by atoms with E-state index in [1.54, 1.807) is 42.7 Å². The molecule has 6 nitrogen and oxygen atoms in total. The van der Waals surface area contributed by atoms with E-state index in [1.165, 1.54) is 6.21 Å². The molecule has 2 aromatic rings. The van der Waals surface area contributed by atoms with Crippen molar-refractivity contribution in [3.05, 3.63) is 58.9 Å². The van der Waals surface area contributed by atoms with Crippen LogP contribution in [0.2, 0.25) is 5.02 Å². The van der Waals surface area contributed by atoms with Crippen molar-refractivity contribution in [2.75, 3.05) is 5.32 Å². The molecular formula is C17H17ClN4O2. The Hall–Kier alpha value is -2.73. The SMILES string of the molecule is Cc1cc(Cl)ccc1NC(=O)CCC(=O)N/N=C\c1ccncc1. The van der Waals surface area contributed by atoms with Crippen molar-refractivity contribution in [3.8, 4) is 0 Å². The average molecular weight is 345 g/mol. The average Bonchev–Trinajstić information content (AvgIpc) is 2.56. The van der Waals surface area contributed by atoms with Crippen LogP contribution in [0.4, 0.5) is 5.69 Å². The normalized spacial score (nSPS) is 10.6. The first-order chi connectivity index (χ1) is 11.5. The lowest BCUT2D eigenvalue weighted by molar-refractivity contribution is -0.124. The molecular weight excluding hydrogens is 328 g/mol. The summed E-state index contributed by atoms with van der Waals surface area (Å²) in [7, 11) is 0. The highest BCUT2D eigenvalue weighted by Crippen LogP contribution is 2.19. The Bertz CT molecular complexity index is 748. The van der Waals surface area contributed by atoms with E-state index in [1.807, 2.05) is 6.92 Å². The van der Waals surface area contributed by atoms with Crippen LogP contribution in [0.15, 0.2) is 47.8 Å². The first kappa shape index (κ1) is 17.6. The van der Waals surface area contributed by atoms with Gasteiger partial charge in [0.25, 0.3) is 0 Å². The number of carbonyl (C=O) groups excluding carboxylic acids is 2. The molecule has 124 valence electrons. The Labute approximate surface area is 144 Å². The van der Waals surface area contributed by atoms with Crippen molar-refractivity contribution in [1.29, 1.82) is 0 Å². The Kier molecular flexibility index (Phi) is 6.45. The van der Waals surface area contributed by atoms with E-state index in [0.717, 1.165) is 11.1 Å². The summed E-state index contributed by atoms with van der Waals surface area (Å²) in [5.74, 6) is -0.572. The molecule has 7 heteroatoms. The van der Waals surface area contributed by atoms with Crippen LogP contribution in [-0.2, 0) is 9.59 Å². The number of aromatic nitrogens is 1. The summed E-state index contributed by atoms with van der Waals surface area (Å²) < 4.78 is 0. The smallest absolute Gasteiger partial charge is 0.240 e. The number of hydrazone groups is 1. The zero-order chi connectivity index (χ0) is 17.4. The zero-order valence-corrected chi connectivity index (χ0v) is 13.9. The molecule has 1 heterocycles. The molecule has 0 unspecified atom stereocenters. The minimum Gasteiger partial charge on any atom is -0.326 e. The van der Waals surface area contributed by atoms with Gasteiger partial charge in [-0.25, -0.2) is 5.43 Å². The number of nitrogens with one attached hydrogen (secondary N) is 2. The molecule has 0 atom stereocenters. The maximum Gasteiger partial charge on any atom is 0.240 e. The lowest BCUT2D eigenvalue weighted by atomic mass is 10.2. The van der Waals surface area contributed by atoms with Crippen molar-refractivity contribution in [2.45, 2.75) is 19.8 Å². The molecule has 2 N–H and O–H groups in total. The van der Waals surface area contributed by atoms with Crippen LogP contribution in [0.5, 0.6) is 0 Å². The van der Waals surface area contributed by atoms with Gasteiger partial charge < -0.3 is 5.32 Å². The second-order valence-electron chi connectivity index (χ2n) is 5.08. The summed E-state index contributed by atoms with van der Waals surface area (Å²) in [6.45, 7) is 1.85. The number of nitrogens with zero attached hydrogens (tertiary/aromatic N) is 2. The zero-order valence-electron chi connectivity index (χ0n) is 13.1. The third-order valence-corrected chi connectivity index (χ3v) is 3.39. The highest BCUT2D eigenvalue weighted by atomic mass is 35.5. The highest BCUT2D eigenvalue weighted by molar-refractivity contribution is 6.30. The Morgan fingerprint density at radius 1 is 1.17 bits per heavy atom. The monoisotopic (exact) mass is 344 g/mol. The number of rotatable bonds is 6. The van der Waals surface area contributed by atoms with Crippen molar-refractivity contribution in [3.63, 3.8) is 0 Å². The van der Waals surface area contributed by atoms with E-state index in [0.29, 0.717) is 10.7 Å². The summed E-state index contributed by atoms with van der Waals surface area (Å²) in [5, 5.41) is 7.19. The van der Waals surface area contributed by atoms with Gasteiger partial charge in [0.2, 0.25) is 11.8 Å². The summed E-state index contributed by atoms with van der Waals surface area (Å²) >= 11 is 5.87. The number of benzene rings is 1. The number of hydrogen-bond acceptors (Lipinski definition) is 4. The number of halogens is 1. The first-order valence-electron chi connectivity index (χ1n) is 7.32. The third kappa shape index (κ3) is 5.81. The van der Waals surface area contributed by atoms with Crippen LogP contribution in [0, 0.1) is 6.92 Å². The predicted octanol–water partition coefficient (Wildman–Crippen LogP) is 2.91. The largest absolute Gasteiger partial charge is 0.326 e. The highest BCUT2D eigenvalue weighted by Gasteiger charge is 2.08. The molecule has 24 heavy (non-hydrogen) atoms. The Morgan fingerprint density at radius 2 is 1.88 bits per heavy atom. The van der Waals surface area contributed by atoms with Crippen LogP contribution in [0.25, 0.3) is 0 Å². The predicted molar refractivity (Wildman–Crippen MR) is 94.0 cm³/mol. The van der Waals surface area contributed by atoms with Gasteiger partial charge in [-0.2, -0.15) is 5.10 Å². The fourth-order valence-corrected chi connectivity index (χ4v) is 2.12. The van der Waals surface area contributed by atoms with Crippen LogP contribution >= 0.6 is 11.6 Å². The second-order valence-corrected chi connectivity index (χ2v) is 5.52. The molecule has 0 radical (unpaired) electrons. The summed E-state index contributed by atoms with van der Waals surface area (Å²) in [6.07, 6.45) is 4.89. The van der Waals surface area contributed by atoms with Gasteiger partial charge in [0, 0.05) is 35.9 Å². The number of carbonyl (C=O) groups is 2. The van der Waals surface area contributed by atoms with Gasteiger partial charge in [-0.15, -0.1) is 0 Å². The Morgan fingerprint density at radius 3 is 2.58 bits per heavy atom. The van der Waals surface area contributed by atoms with E-state index in [-0.39, 0.29) is 24.7 Å². The van der Waals surface area contributed by atoms with E-state index in [2.05, 4.69) is 20.8 Å². The van der Waals surface area contributed by atoms with Gasteiger partial charge >= 0.3 is 0 Å². The number of aryl methyl sites for hydroxylation is 1. The number of hydrogen-bond donors (Lipinski definition) is 2. The van der Waals surface area contributed by atoms with E-state index < -0.39 is 0 Å². The lowest BCUT2D eigenvalue weighted by Crippen LogP contribution is -2.20. The van der Waals surface area contributed by atoms with E-state index in [9.17, 15) is 9.59 Å². The maximum atomic E-state index is 11.9. The molecule has 0 fully saturated rings. The van der Waals surface area contributed by atoms with E-state index in [4.69, 9.17) is 11.6 Å². The van der Waals surface area contributed by atoms with Crippen LogP contribution in [0.1, 0.15) is 24.0 Å². The van der Waals surface area contributed by atoms with Crippen LogP contribution < -0.4 is 10.7 Å². The quantitative estimate of drug-likeness (QED) is 0.624. The van der Waals surface area contributed by atoms with Gasteiger partial charge in [0.1, 0.15) is 0 Å². The fourth-order valence-electron chi connectivity index (χ4n) is 1.89. The summed E-state index contributed by atoms with van der Waals surface area (Å²) in [6, 6.07) is 8.71. The van der Waals surface area contributed by atoms with Gasteiger partial charge in [-0.05, 0) is 48.4 Å². The standard InChI is InChI=1S/C17H17ClN4O2/c1-12-10-14(18)2-3-15(12)21-16(23)4-5-17(24)22-20-11-13-6-8-19-9-7-13/h2-3,6-11H,4-5H2,1H3,(H,21,23)(H,22,24)/b20-11-. The fraction of sp³-hybridized carbons (Fsp3) is 0.176. The molecule has 0 spiro atoms. The molecule has 0 aliphatic rings. The van der Waals surface area contributed by atoms with Crippen molar-refractivity contribution < 1.29 is 9.59 Å². The van der Waals surface area contributed by atoms with Gasteiger partial charge in [-0.1, -0.05) is 11.6 Å². The Balaban J connectivity index is 1.75. The third-order valence-electron chi connectivity index (χ3n) is 3.15. The van der Waals surface area contributed by atoms with Crippen molar-refractivity contribution in [1.82, 2.24) is 10.4 Å². The minimum atomic E-state index is -0.330.